The van der Waals surface area contributed by atoms with Crippen LogP contribution < -0.4 is 9.62 Å². The molecule has 3 rings (SSSR count). The Hall–Kier alpha value is -1.76. The summed E-state index contributed by atoms with van der Waals surface area (Å²) in [4.78, 5) is 12.4. The fourth-order valence-electron chi connectivity index (χ4n) is 2.83. The lowest BCUT2D eigenvalue weighted by Crippen LogP contribution is -2.37. The third-order valence-electron chi connectivity index (χ3n) is 4.23. The highest BCUT2D eigenvalue weighted by Gasteiger charge is 2.26. The first-order valence-corrected chi connectivity index (χ1v) is 10.6. The summed E-state index contributed by atoms with van der Waals surface area (Å²) in [5.74, 6) is -0.215. The van der Waals surface area contributed by atoms with Crippen LogP contribution in [0.25, 0.3) is 0 Å². The van der Waals surface area contributed by atoms with Gasteiger partial charge in [-0.05, 0) is 42.7 Å². The van der Waals surface area contributed by atoms with Gasteiger partial charge < -0.3 is 5.32 Å². The van der Waals surface area contributed by atoms with E-state index in [0.717, 1.165) is 12.0 Å². The van der Waals surface area contributed by atoms with Crippen LogP contribution in [0, 0.1) is 0 Å². The highest BCUT2D eigenvalue weighted by atomic mass is 35.5. The molecule has 0 radical (unpaired) electrons. The maximum atomic E-state index is 12.4. The Kier molecular flexibility index (Phi) is 5.75. The van der Waals surface area contributed by atoms with Crippen LogP contribution in [0.3, 0.4) is 0 Å². The number of hydrogen-bond acceptors (Lipinski definition) is 3. The molecule has 1 saturated heterocycles. The van der Waals surface area contributed by atoms with E-state index in [2.05, 4.69) is 5.32 Å². The predicted molar refractivity (Wildman–Crippen MR) is 104 cm³/mol. The molecule has 0 saturated carbocycles. The van der Waals surface area contributed by atoms with Crippen molar-refractivity contribution in [2.75, 3.05) is 16.6 Å². The zero-order chi connectivity index (χ0) is 18.7. The topological polar surface area (TPSA) is 66.5 Å². The molecule has 0 spiro atoms. The minimum Gasteiger partial charge on any atom is -0.348 e. The Balaban J connectivity index is 1.75. The molecule has 0 aromatic heterocycles. The number of benzene rings is 2. The van der Waals surface area contributed by atoms with Crippen molar-refractivity contribution in [1.29, 1.82) is 0 Å². The second kappa shape index (κ2) is 7.86. The van der Waals surface area contributed by atoms with Crippen LogP contribution in [0.1, 0.15) is 28.8 Å². The normalized spacial score (nSPS) is 16.3. The van der Waals surface area contributed by atoms with Crippen LogP contribution in [-0.2, 0) is 16.6 Å². The molecule has 1 heterocycles. The molecule has 1 aliphatic rings. The zero-order valence-electron chi connectivity index (χ0n) is 13.9. The number of nitrogens with zero attached hydrogens (tertiary/aromatic N) is 1. The van der Waals surface area contributed by atoms with Crippen molar-refractivity contribution in [2.24, 2.45) is 0 Å². The van der Waals surface area contributed by atoms with Gasteiger partial charge in [0.05, 0.1) is 22.0 Å². The maximum absolute atomic E-state index is 12.4. The highest BCUT2D eigenvalue weighted by molar-refractivity contribution is 7.92. The number of hydrogen-bond donors (Lipinski definition) is 1. The van der Waals surface area contributed by atoms with E-state index in [0.29, 0.717) is 23.7 Å². The quantitative estimate of drug-likeness (QED) is 0.828. The number of halogens is 2. The van der Waals surface area contributed by atoms with Gasteiger partial charge in [-0.25, -0.2) is 8.42 Å². The molecule has 26 heavy (non-hydrogen) atoms. The van der Waals surface area contributed by atoms with Crippen LogP contribution in [-0.4, -0.2) is 26.6 Å². The van der Waals surface area contributed by atoms with Crippen molar-refractivity contribution in [3.63, 3.8) is 0 Å². The second-order valence-corrected chi connectivity index (χ2v) is 8.86. The van der Waals surface area contributed by atoms with Crippen LogP contribution in [0.5, 0.6) is 0 Å². The van der Waals surface area contributed by atoms with Crippen molar-refractivity contribution in [2.45, 2.75) is 19.4 Å². The first-order chi connectivity index (χ1) is 12.4. The molecular formula is C18H18Cl2N2O3S. The number of sulfonamides is 1. The molecule has 0 bridgehead atoms. The number of nitrogens with one attached hydrogen (secondary N) is 1. The predicted octanol–water partition coefficient (Wildman–Crippen LogP) is 3.85. The first-order valence-electron chi connectivity index (χ1n) is 8.20. The summed E-state index contributed by atoms with van der Waals surface area (Å²) >= 11 is 12.3. The molecule has 1 N–H and O–H groups in total. The van der Waals surface area contributed by atoms with Crippen molar-refractivity contribution in [3.05, 3.63) is 63.6 Å². The Morgan fingerprint density at radius 1 is 1.08 bits per heavy atom. The molecule has 1 aliphatic heterocycles. The van der Waals surface area contributed by atoms with Crippen LogP contribution in [0.2, 0.25) is 10.0 Å². The SMILES string of the molecule is O=C(NCc1ccccc1Cl)c1ccc(N2CCCCS2(=O)=O)cc1Cl. The molecule has 2 aromatic carbocycles. The van der Waals surface area contributed by atoms with Gasteiger partial charge in [0.2, 0.25) is 10.0 Å². The summed E-state index contributed by atoms with van der Waals surface area (Å²) in [5.41, 5.74) is 1.57. The van der Waals surface area contributed by atoms with Crippen LogP contribution in [0.15, 0.2) is 42.5 Å². The number of carbonyl (C=O) groups is 1. The lowest BCUT2D eigenvalue weighted by atomic mass is 10.1. The number of anilines is 1. The number of amides is 1. The van der Waals surface area contributed by atoms with E-state index in [9.17, 15) is 13.2 Å². The van der Waals surface area contributed by atoms with E-state index in [1.54, 1.807) is 18.2 Å². The van der Waals surface area contributed by atoms with Gasteiger partial charge in [-0.2, -0.15) is 0 Å². The minimum absolute atomic E-state index is 0.130. The van der Waals surface area contributed by atoms with E-state index in [1.807, 2.05) is 18.2 Å². The lowest BCUT2D eigenvalue weighted by Gasteiger charge is -2.28. The Labute approximate surface area is 163 Å². The summed E-state index contributed by atoms with van der Waals surface area (Å²) in [5, 5.41) is 3.55. The molecule has 1 fully saturated rings. The number of rotatable bonds is 4. The molecule has 0 aliphatic carbocycles. The largest absolute Gasteiger partial charge is 0.348 e. The van der Waals surface area contributed by atoms with E-state index in [-0.39, 0.29) is 28.8 Å². The molecule has 138 valence electrons. The zero-order valence-corrected chi connectivity index (χ0v) is 16.2. The van der Waals surface area contributed by atoms with Crippen LogP contribution >= 0.6 is 23.2 Å². The van der Waals surface area contributed by atoms with Gasteiger partial charge in [0.25, 0.3) is 5.91 Å². The first kappa shape index (κ1) is 19.0. The average Bonchev–Trinajstić information content (AvgIpc) is 2.60. The molecule has 8 heteroatoms. The van der Waals surface area contributed by atoms with E-state index >= 15 is 0 Å². The standard InChI is InChI=1S/C18H18Cl2N2O3S/c19-16-6-2-1-5-13(16)12-21-18(23)15-8-7-14(11-17(15)20)22-9-3-4-10-26(22,24)25/h1-2,5-8,11H,3-4,9-10,12H2,(H,21,23). The average molecular weight is 413 g/mol. The van der Waals surface area contributed by atoms with E-state index in [1.165, 1.54) is 10.4 Å². The van der Waals surface area contributed by atoms with Gasteiger partial charge in [-0.15, -0.1) is 0 Å². The van der Waals surface area contributed by atoms with E-state index in [4.69, 9.17) is 23.2 Å². The maximum Gasteiger partial charge on any atom is 0.253 e. The molecule has 1 amide bonds. The third kappa shape index (κ3) is 4.14. The van der Waals surface area contributed by atoms with E-state index < -0.39 is 10.0 Å². The summed E-state index contributed by atoms with van der Waals surface area (Å²) in [6, 6.07) is 11.9. The van der Waals surface area contributed by atoms with Crippen LogP contribution in [0.4, 0.5) is 5.69 Å². The van der Waals surface area contributed by atoms with Gasteiger partial charge in [-0.3, -0.25) is 9.10 Å². The Morgan fingerprint density at radius 3 is 2.54 bits per heavy atom. The lowest BCUT2D eigenvalue weighted by molar-refractivity contribution is 0.0951. The monoisotopic (exact) mass is 412 g/mol. The summed E-state index contributed by atoms with van der Waals surface area (Å²) in [6.45, 7) is 0.702. The van der Waals surface area contributed by atoms with Crippen molar-refractivity contribution in [3.8, 4) is 0 Å². The van der Waals surface area contributed by atoms with Gasteiger partial charge >= 0.3 is 0 Å². The molecule has 2 aromatic rings. The molecule has 0 atom stereocenters. The smallest absolute Gasteiger partial charge is 0.253 e. The number of carbonyl (C=O) groups excluding carboxylic acids is 1. The molecular weight excluding hydrogens is 395 g/mol. The summed E-state index contributed by atoms with van der Waals surface area (Å²) in [7, 11) is -3.32. The van der Waals surface area contributed by atoms with Crippen molar-refractivity contribution in [1.82, 2.24) is 5.32 Å². The fraction of sp³-hybridized carbons (Fsp3) is 0.278. The Bertz CT molecular complexity index is 932. The third-order valence-corrected chi connectivity index (χ3v) is 6.78. The summed E-state index contributed by atoms with van der Waals surface area (Å²) in [6.07, 6.45) is 1.46. The molecule has 0 unspecified atom stereocenters. The van der Waals surface area contributed by atoms with Crippen molar-refractivity contribution >= 4 is 44.8 Å². The molecule has 5 nitrogen and oxygen atoms in total. The van der Waals surface area contributed by atoms with Crippen molar-refractivity contribution < 1.29 is 13.2 Å². The van der Waals surface area contributed by atoms with Gasteiger partial charge in [0.1, 0.15) is 0 Å². The van der Waals surface area contributed by atoms with Gasteiger partial charge in [-0.1, -0.05) is 41.4 Å². The second-order valence-electron chi connectivity index (χ2n) is 6.03. The summed E-state index contributed by atoms with van der Waals surface area (Å²) < 4.78 is 25.7. The van der Waals surface area contributed by atoms with Gasteiger partial charge in [0, 0.05) is 18.1 Å². The minimum atomic E-state index is -3.32. The highest BCUT2D eigenvalue weighted by Crippen LogP contribution is 2.28. The fourth-order valence-corrected chi connectivity index (χ4v) is 4.93. The van der Waals surface area contributed by atoms with Gasteiger partial charge in [0.15, 0.2) is 0 Å². The Morgan fingerprint density at radius 2 is 1.85 bits per heavy atom.